The molecule has 3 N–H and O–H groups in total. The lowest BCUT2D eigenvalue weighted by Gasteiger charge is -2.06. The summed E-state index contributed by atoms with van der Waals surface area (Å²) in [7, 11) is 0. The van der Waals surface area contributed by atoms with Crippen LogP contribution in [0.4, 0.5) is 17.2 Å². The van der Waals surface area contributed by atoms with Crippen LogP contribution in [-0.4, -0.2) is 15.2 Å². The van der Waals surface area contributed by atoms with Crippen LogP contribution in [0.25, 0.3) is 11.4 Å². The van der Waals surface area contributed by atoms with Crippen molar-refractivity contribution >= 4 is 17.2 Å². The molecule has 0 aliphatic carbocycles. The molecule has 2 heterocycles. The molecule has 0 saturated carbocycles. The molecule has 20 heavy (non-hydrogen) atoms. The molecule has 5 heteroatoms. The lowest BCUT2D eigenvalue weighted by atomic mass is 10.2. The maximum Gasteiger partial charge on any atom is 0.153 e. The molecule has 0 aliphatic heterocycles. The quantitative estimate of drug-likeness (QED) is 0.710. The zero-order chi connectivity index (χ0) is 13.8. The third-order valence-corrected chi connectivity index (χ3v) is 2.75. The van der Waals surface area contributed by atoms with Gasteiger partial charge in [0.05, 0.1) is 5.69 Å². The topological polar surface area (TPSA) is 76.7 Å². The van der Waals surface area contributed by atoms with Gasteiger partial charge in [-0.3, -0.25) is 4.98 Å². The average Bonchev–Trinajstić information content (AvgIpc) is 2.49. The number of hydrogen-bond acceptors (Lipinski definition) is 5. The Morgan fingerprint density at radius 1 is 0.850 bits per heavy atom. The highest BCUT2D eigenvalue weighted by Gasteiger charge is 2.02. The molecule has 2 aromatic heterocycles. The average molecular weight is 263 g/mol. The predicted octanol–water partition coefficient (Wildman–Crippen LogP) is 2.86. The minimum Gasteiger partial charge on any atom is -0.399 e. The van der Waals surface area contributed by atoms with Crippen molar-refractivity contribution in [1.29, 1.82) is 0 Å². The molecule has 0 bridgehead atoms. The largest absolute Gasteiger partial charge is 0.399 e. The van der Waals surface area contributed by atoms with E-state index in [0.29, 0.717) is 11.5 Å². The zero-order valence-electron chi connectivity index (χ0n) is 10.7. The van der Waals surface area contributed by atoms with Crippen LogP contribution in [0.15, 0.2) is 60.8 Å². The van der Waals surface area contributed by atoms with Crippen LogP contribution >= 0.6 is 0 Å². The highest BCUT2D eigenvalue weighted by molar-refractivity contribution is 5.62. The van der Waals surface area contributed by atoms with E-state index in [9.17, 15) is 0 Å². The number of benzene rings is 1. The Morgan fingerprint density at radius 2 is 1.80 bits per heavy atom. The second kappa shape index (κ2) is 5.36. The summed E-state index contributed by atoms with van der Waals surface area (Å²) in [4.78, 5) is 4.23. The van der Waals surface area contributed by atoms with Crippen molar-refractivity contribution in [2.45, 2.75) is 0 Å². The van der Waals surface area contributed by atoms with Gasteiger partial charge in [-0.2, -0.15) is 0 Å². The van der Waals surface area contributed by atoms with Gasteiger partial charge in [-0.15, -0.1) is 10.2 Å². The summed E-state index contributed by atoms with van der Waals surface area (Å²) in [5.74, 6) is 0.662. The van der Waals surface area contributed by atoms with Crippen molar-refractivity contribution in [3.8, 4) is 11.4 Å². The number of pyridine rings is 1. The standard InChI is InChI=1S/C15H13N5/c16-11-4-3-5-12(10-11)18-15-8-7-14(19-20-15)13-6-1-2-9-17-13/h1-10H,16H2,(H,18,20). The molecule has 0 amide bonds. The van der Waals surface area contributed by atoms with E-state index in [0.717, 1.165) is 17.1 Å². The third kappa shape index (κ3) is 2.72. The molecule has 0 aliphatic rings. The minimum absolute atomic E-state index is 0.662. The molecule has 0 atom stereocenters. The number of nitrogens with zero attached hydrogens (tertiary/aromatic N) is 3. The first-order valence-corrected chi connectivity index (χ1v) is 6.19. The summed E-state index contributed by atoms with van der Waals surface area (Å²) in [5.41, 5.74) is 8.85. The molecule has 1 aromatic carbocycles. The van der Waals surface area contributed by atoms with Gasteiger partial charge in [-0.1, -0.05) is 12.1 Å². The van der Waals surface area contributed by atoms with Gasteiger partial charge in [0.25, 0.3) is 0 Å². The number of nitrogens with one attached hydrogen (secondary N) is 1. The van der Waals surface area contributed by atoms with Crippen LogP contribution in [0.3, 0.4) is 0 Å². The number of hydrogen-bond donors (Lipinski definition) is 2. The minimum atomic E-state index is 0.662. The fraction of sp³-hybridized carbons (Fsp3) is 0. The van der Waals surface area contributed by atoms with Gasteiger partial charge >= 0.3 is 0 Å². The van der Waals surface area contributed by atoms with Gasteiger partial charge in [-0.05, 0) is 42.5 Å². The first kappa shape index (κ1) is 12.1. The van der Waals surface area contributed by atoms with Crippen molar-refractivity contribution < 1.29 is 0 Å². The van der Waals surface area contributed by atoms with E-state index in [1.165, 1.54) is 0 Å². The van der Waals surface area contributed by atoms with E-state index in [2.05, 4.69) is 20.5 Å². The third-order valence-electron chi connectivity index (χ3n) is 2.75. The molecular weight excluding hydrogens is 250 g/mol. The van der Waals surface area contributed by atoms with Crippen LogP contribution < -0.4 is 11.1 Å². The van der Waals surface area contributed by atoms with Gasteiger partial charge < -0.3 is 11.1 Å². The molecule has 0 radical (unpaired) electrons. The lowest BCUT2D eigenvalue weighted by Crippen LogP contribution is -1.97. The highest BCUT2D eigenvalue weighted by atomic mass is 15.2. The molecule has 0 spiro atoms. The molecule has 5 nitrogen and oxygen atoms in total. The Labute approximate surface area is 116 Å². The smallest absolute Gasteiger partial charge is 0.153 e. The Kier molecular flexibility index (Phi) is 3.24. The van der Waals surface area contributed by atoms with Crippen LogP contribution in [0.5, 0.6) is 0 Å². The van der Waals surface area contributed by atoms with Crippen molar-refractivity contribution in [3.63, 3.8) is 0 Å². The Hall–Kier alpha value is -2.95. The number of aromatic nitrogens is 3. The fourth-order valence-corrected chi connectivity index (χ4v) is 1.81. The first-order chi connectivity index (χ1) is 9.81. The fourth-order valence-electron chi connectivity index (χ4n) is 1.81. The second-order valence-corrected chi connectivity index (χ2v) is 4.27. The maximum absolute atomic E-state index is 5.73. The van der Waals surface area contributed by atoms with Gasteiger partial charge in [0, 0.05) is 17.6 Å². The highest BCUT2D eigenvalue weighted by Crippen LogP contribution is 2.18. The van der Waals surface area contributed by atoms with Gasteiger partial charge in [0.1, 0.15) is 5.69 Å². The van der Waals surface area contributed by atoms with Crippen molar-refractivity contribution in [3.05, 3.63) is 60.8 Å². The number of anilines is 3. The van der Waals surface area contributed by atoms with Crippen molar-refractivity contribution in [2.75, 3.05) is 11.1 Å². The molecule has 0 saturated heterocycles. The van der Waals surface area contributed by atoms with E-state index in [1.54, 1.807) is 6.20 Å². The van der Waals surface area contributed by atoms with Gasteiger partial charge in [0.15, 0.2) is 5.82 Å². The summed E-state index contributed by atoms with van der Waals surface area (Å²) < 4.78 is 0. The Bertz CT molecular complexity index is 695. The second-order valence-electron chi connectivity index (χ2n) is 4.27. The maximum atomic E-state index is 5.73. The van der Waals surface area contributed by atoms with E-state index in [1.807, 2.05) is 54.6 Å². The normalized spacial score (nSPS) is 10.2. The Morgan fingerprint density at radius 3 is 2.50 bits per heavy atom. The molecule has 3 rings (SSSR count). The van der Waals surface area contributed by atoms with Gasteiger partial charge in [-0.25, -0.2) is 0 Å². The van der Waals surface area contributed by atoms with Gasteiger partial charge in [0.2, 0.25) is 0 Å². The molecule has 0 fully saturated rings. The van der Waals surface area contributed by atoms with E-state index in [-0.39, 0.29) is 0 Å². The van der Waals surface area contributed by atoms with Crippen LogP contribution in [0.2, 0.25) is 0 Å². The van der Waals surface area contributed by atoms with E-state index in [4.69, 9.17) is 5.73 Å². The number of nitrogen functional groups attached to an aromatic ring is 1. The summed E-state index contributed by atoms with van der Waals surface area (Å²) in [6, 6.07) is 16.9. The summed E-state index contributed by atoms with van der Waals surface area (Å²) >= 11 is 0. The number of rotatable bonds is 3. The monoisotopic (exact) mass is 263 g/mol. The van der Waals surface area contributed by atoms with Crippen molar-refractivity contribution in [2.24, 2.45) is 0 Å². The van der Waals surface area contributed by atoms with Crippen LogP contribution in [-0.2, 0) is 0 Å². The number of nitrogens with two attached hydrogens (primary N) is 1. The van der Waals surface area contributed by atoms with Crippen LogP contribution in [0.1, 0.15) is 0 Å². The summed E-state index contributed by atoms with van der Waals surface area (Å²) in [5, 5.41) is 11.4. The van der Waals surface area contributed by atoms with E-state index < -0.39 is 0 Å². The van der Waals surface area contributed by atoms with Crippen molar-refractivity contribution in [1.82, 2.24) is 15.2 Å². The van der Waals surface area contributed by atoms with Crippen LogP contribution in [0, 0.1) is 0 Å². The predicted molar refractivity (Wildman–Crippen MR) is 79.4 cm³/mol. The summed E-state index contributed by atoms with van der Waals surface area (Å²) in [6.45, 7) is 0. The lowest BCUT2D eigenvalue weighted by molar-refractivity contribution is 1.03. The molecule has 98 valence electrons. The molecule has 3 aromatic rings. The zero-order valence-corrected chi connectivity index (χ0v) is 10.7. The first-order valence-electron chi connectivity index (χ1n) is 6.19. The summed E-state index contributed by atoms with van der Waals surface area (Å²) in [6.07, 6.45) is 1.73. The molecule has 0 unspecified atom stereocenters. The SMILES string of the molecule is Nc1cccc(Nc2ccc(-c3ccccn3)nn2)c1. The Balaban J connectivity index is 1.80. The molecular formula is C15H13N5. The van der Waals surface area contributed by atoms with E-state index >= 15 is 0 Å².